The fourth-order valence-electron chi connectivity index (χ4n) is 2.61. The molecule has 4 nitrogen and oxygen atoms in total. The molecule has 0 saturated heterocycles. The lowest BCUT2D eigenvalue weighted by atomic mass is 9.88. The first-order chi connectivity index (χ1) is 8.07. The lowest BCUT2D eigenvalue weighted by Crippen LogP contribution is -2.52. The molecule has 0 aromatic carbocycles. The Labute approximate surface area is 104 Å². The summed E-state index contributed by atoms with van der Waals surface area (Å²) >= 11 is 0. The highest BCUT2D eigenvalue weighted by Crippen LogP contribution is 2.29. The largest absolute Gasteiger partial charge is 0.311 e. The first kappa shape index (κ1) is 14.1. The fraction of sp³-hybridized carbons (Fsp3) is 0.692. The van der Waals surface area contributed by atoms with E-state index in [4.69, 9.17) is 0 Å². The summed E-state index contributed by atoms with van der Waals surface area (Å²) in [4.78, 5) is 10.7. The normalized spacial score (nSPS) is 14.0. The standard InChI is InChI=1S/C13H24N4/c1-6-17(7-2)13(3,4)12(14-5)11-8-15-10-16-9-11/h8-10,12,14H,6-7H2,1-5H3. The van der Waals surface area contributed by atoms with Crippen molar-refractivity contribution in [1.29, 1.82) is 0 Å². The predicted molar refractivity (Wildman–Crippen MR) is 70.8 cm³/mol. The van der Waals surface area contributed by atoms with Crippen molar-refractivity contribution < 1.29 is 0 Å². The van der Waals surface area contributed by atoms with E-state index >= 15 is 0 Å². The molecule has 0 aliphatic rings. The van der Waals surface area contributed by atoms with Gasteiger partial charge in [-0.05, 0) is 34.0 Å². The highest BCUT2D eigenvalue weighted by molar-refractivity contribution is 5.15. The van der Waals surface area contributed by atoms with Crippen LogP contribution in [0.5, 0.6) is 0 Å². The molecule has 0 aliphatic heterocycles. The average molecular weight is 236 g/mol. The van der Waals surface area contributed by atoms with Gasteiger partial charge in [0.25, 0.3) is 0 Å². The first-order valence-electron chi connectivity index (χ1n) is 6.25. The number of nitrogens with zero attached hydrogens (tertiary/aromatic N) is 3. The molecule has 1 unspecified atom stereocenters. The molecule has 0 fully saturated rings. The van der Waals surface area contributed by atoms with E-state index in [9.17, 15) is 0 Å². The number of likely N-dealkylation sites (N-methyl/N-ethyl adjacent to an activating group) is 2. The molecule has 0 amide bonds. The van der Waals surface area contributed by atoms with Crippen molar-refractivity contribution in [3.05, 3.63) is 24.3 Å². The van der Waals surface area contributed by atoms with Crippen LogP contribution in [0.1, 0.15) is 39.3 Å². The van der Waals surface area contributed by atoms with Gasteiger partial charge < -0.3 is 5.32 Å². The number of nitrogens with one attached hydrogen (secondary N) is 1. The third kappa shape index (κ3) is 3.01. The van der Waals surface area contributed by atoms with Gasteiger partial charge in [-0.15, -0.1) is 0 Å². The van der Waals surface area contributed by atoms with Crippen LogP contribution in [0.2, 0.25) is 0 Å². The van der Waals surface area contributed by atoms with Gasteiger partial charge in [-0.25, -0.2) is 9.97 Å². The van der Waals surface area contributed by atoms with E-state index in [-0.39, 0.29) is 11.6 Å². The van der Waals surface area contributed by atoms with Crippen molar-refractivity contribution in [2.45, 2.75) is 39.3 Å². The van der Waals surface area contributed by atoms with Crippen molar-refractivity contribution in [2.24, 2.45) is 0 Å². The minimum Gasteiger partial charge on any atom is -0.311 e. The van der Waals surface area contributed by atoms with Gasteiger partial charge in [0.2, 0.25) is 0 Å². The highest BCUT2D eigenvalue weighted by atomic mass is 15.2. The monoisotopic (exact) mass is 236 g/mol. The van der Waals surface area contributed by atoms with Crippen molar-refractivity contribution in [1.82, 2.24) is 20.2 Å². The maximum Gasteiger partial charge on any atom is 0.115 e. The Morgan fingerprint density at radius 3 is 2.18 bits per heavy atom. The molecule has 0 aliphatic carbocycles. The molecule has 0 saturated carbocycles. The zero-order valence-electron chi connectivity index (χ0n) is 11.6. The Hall–Kier alpha value is -1.00. The number of hydrogen-bond donors (Lipinski definition) is 1. The van der Waals surface area contributed by atoms with E-state index in [2.05, 4.69) is 47.9 Å². The van der Waals surface area contributed by atoms with Crippen molar-refractivity contribution >= 4 is 0 Å². The molecular weight excluding hydrogens is 212 g/mol. The molecule has 1 aromatic heterocycles. The van der Waals surface area contributed by atoms with E-state index in [0.717, 1.165) is 18.7 Å². The molecular formula is C13H24N4. The van der Waals surface area contributed by atoms with Crippen LogP contribution < -0.4 is 5.32 Å². The summed E-state index contributed by atoms with van der Waals surface area (Å²) in [6.07, 6.45) is 5.35. The molecule has 0 bridgehead atoms. The summed E-state index contributed by atoms with van der Waals surface area (Å²) in [5, 5.41) is 3.39. The smallest absolute Gasteiger partial charge is 0.115 e. The van der Waals surface area contributed by atoms with Gasteiger partial charge >= 0.3 is 0 Å². The number of hydrogen-bond acceptors (Lipinski definition) is 4. The Bertz CT molecular complexity index is 319. The van der Waals surface area contributed by atoms with Crippen LogP contribution in [0.15, 0.2) is 18.7 Å². The van der Waals surface area contributed by atoms with Gasteiger partial charge in [0.05, 0.1) is 6.04 Å². The van der Waals surface area contributed by atoms with Gasteiger partial charge in [-0.3, -0.25) is 4.90 Å². The minimum atomic E-state index is 0.0307. The second kappa shape index (κ2) is 6.07. The van der Waals surface area contributed by atoms with Crippen LogP contribution >= 0.6 is 0 Å². The molecule has 0 spiro atoms. The van der Waals surface area contributed by atoms with Crippen LogP contribution in [0, 0.1) is 0 Å². The lowest BCUT2D eigenvalue weighted by molar-refractivity contribution is 0.0942. The Morgan fingerprint density at radius 2 is 1.76 bits per heavy atom. The Kier molecular flexibility index (Phi) is 5.02. The molecule has 1 rings (SSSR count). The molecule has 1 N–H and O–H groups in total. The van der Waals surface area contributed by atoms with Crippen molar-refractivity contribution in [3.63, 3.8) is 0 Å². The second-order valence-electron chi connectivity index (χ2n) is 4.72. The topological polar surface area (TPSA) is 41.0 Å². The van der Waals surface area contributed by atoms with E-state index in [1.54, 1.807) is 6.33 Å². The maximum absolute atomic E-state index is 4.11. The van der Waals surface area contributed by atoms with Crippen molar-refractivity contribution in [3.8, 4) is 0 Å². The van der Waals surface area contributed by atoms with Crippen LogP contribution in [0.4, 0.5) is 0 Å². The van der Waals surface area contributed by atoms with Crippen LogP contribution in [0.25, 0.3) is 0 Å². The van der Waals surface area contributed by atoms with E-state index in [1.165, 1.54) is 0 Å². The third-order valence-corrected chi connectivity index (χ3v) is 3.49. The van der Waals surface area contributed by atoms with Gasteiger partial charge in [0.1, 0.15) is 6.33 Å². The van der Waals surface area contributed by atoms with E-state index < -0.39 is 0 Å². The quantitative estimate of drug-likeness (QED) is 0.818. The molecule has 1 heterocycles. The summed E-state index contributed by atoms with van der Waals surface area (Å²) in [7, 11) is 1.99. The Morgan fingerprint density at radius 1 is 1.24 bits per heavy atom. The molecule has 96 valence electrons. The van der Waals surface area contributed by atoms with Gasteiger partial charge in [-0.1, -0.05) is 13.8 Å². The van der Waals surface area contributed by atoms with Gasteiger partial charge in [0.15, 0.2) is 0 Å². The zero-order valence-corrected chi connectivity index (χ0v) is 11.6. The first-order valence-corrected chi connectivity index (χ1v) is 6.25. The number of rotatable bonds is 6. The highest BCUT2D eigenvalue weighted by Gasteiger charge is 2.34. The Balaban J connectivity index is 3.01. The summed E-state index contributed by atoms with van der Waals surface area (Å²) < 4.78 is 0. The molecule has 17 heavy (non-hydrogen) atoms. The summed E-state index contributed by atoms with van der Waals surface area (Å²) in [5.74, 6) is 0. The lowest BCUT2D eigenvalue weighted by Gasteiger charge is -2.43. The third-order valence-electron chi connectivity index (χ3n) is 3.49. The van der Waals surface area contributed by atoms with E-state index in [1.807, 2.05) is 19.4 Å². The summed E-state index contributed by atoms with van der Waals surface area (Å²) in [6, 6.07) is 0.226. The van der Waals surface area contributed by atoms with Gasteiger partial charge in [0, 0.05) is 23.5 Å². The summed E-state index contributed by atoms with van der Waals surface area (Å²) in [6.45, 7) is 11.0. The summed E-state index contributed by atoms with van der Waals surface area (Å²) in [5.41, 5.74) is 1.16. The van der Waals surface area contributed by atoms with E-state index in [0.29, 0.717) is 0 Å². The van der Waals surface area contributed by atoms with Crippen molar-refractivity contribution in [2.75, 3.05) is 20.1 Å². The molecule has 1 atom stereocenters. The average Bonchev–Trinajstić information content (AvgIpc) is 2.32. The molecule has 4 heteroatoms. The zero-order chi connectivity index (χ0) is 12.9. The SMILES string of the molecule is CCN(CC)C(C)(C)C(NC)c1cncnc1. The van der Waals surface area contributed by atoms with Crippen LogP contribution in [0.3, 0.4) is 0 Å². The number of aromatic nitrogens is 2. The fourth-order valence-corrected chi connectivity index (χ4v) is 2.61. The van der Waals surface area contributed by atoms with Crippen LogP contribution in [-0.4, -0.2) is 40.5 Å². The second-order valence-corrected chi connectivity index (χ2v) is 4.72. The predicted octanol–water partition coefficient (Wildman–Crippen LogP) is 1.86. The molecule has 1 aromatic rings. The van der Waals surface area contributed by atoms with Crippen LogP contribution in [-0.2, 0) is 0 Å². The van der Waals surface area contributed by atoms with Gasteiger partial charge in [-0.2, -0.15) is 0 Å². The maximum atomic E-state index is 4.11. The molecule has 0 radical (unpaired) electrons. The minimum absolute atomic E-state index is 0.0307.